The molecule has 0 radical (unpaired) electrons. The van der Waals surface area contributed by atoms with Crippen LogP contribution in [-0.2, 0) is 13.0 Å². The van der Waals surface area contributed by atoms with Gasteiger partial charge in [-0.3, -0.25) is 0 Å². The molecule has 0 bridgehead atoms. The van der Waals surface area contributed by atoms with Crippen molar-refractivity contribution in [2.75, 3.05) is 6.54 Å². The number of hydrogen-bond donors (Lipinski definition) is 1. The Labute approximate surface area is 103 Å². The highest BCUT2D eigenvalue weighted by Crippen LogP contribution is 2.07. The molecule has 0 amide bonds. The van der Waals surface area contributed by atoms with Gasteiger partial charge in [0.05, 0.1) is 0 Å². The summed E-state index contributed by atoms with van der Waals surface area (Å²) in [6.07, 6.45) is 4.21. The molecule has 0 saturated carbocycles. The summed E-state index contributed by atoms with van der Waals surface area (Å²) in [5.41, 5.74) is -0.0385. The highest BCUT2D eigenvalue weighted by Gasteiger charge is 2.15. The molecule has 1 aromatic heterocycles. The van der Waals surface area contributed by atoms with Crippen LogP contribution in [0.3, 0.4) is 0 Å². The van der Waals surface area contributed by atoms with Crippen LogP contribution in [0.4, 0.5) is 4.39 Å². The maximum atomic E-state index is 13.8. The van der Waals surface area contributed by atoms with Crippen molar-refractivity contribution in [2.45, 2.75) is 58.8 Å². The van der Waals surface area contributed by atoms with E-state index in [1.807, 2.05) is 31.5 Å². The summed E-state index contributed by atoms with van der Waals surface area (Å²) in [5, 5.41) is 3.17. The average Bonchev–Trinajstić information content (AvgIpc) is 2.63. The minimum absolute atomic E-state index is 0.0385. The first-order chi connectivity index (χ1) is 7.92. The van der Waals surface area contributed by atoms with Gasteiger partial charge in [0.1, 0.15) is 12.0 Å². The van der Waals surface area contributed by atoms with Crippen molar-refractivity contribution in [3.05, 3.63) is 18.2 Å². The van der Waals surface area contributed by atoms with Gasteiger partial charge in [0.15, 0.2) is 0 Å². The number of nitrogens with one attached hydrogen (secondary N) is 1. The third kappa shape index (κ3) is 5.31. The molecule has 1 N–H and O–H groups in total. The van der Waals surface area contributed by atoms with Gasteiger partial charge in [-0.1, -0.05) is 6.92 Å². The van der Waals surface area contributed by atoms with Crippen molar-refractivity contribution in [1.82, 2.24) is 14.9 Å². The number of alkyl halides is 1. The quantitative estimate of drug-likeness (QED) is 0.829. The summed E-state index contributed by atoms with van der Waals surface area (Å²) in [4.78, 5) is 4.21. The third-order valence-corrected chi connectivity index (χ3v) is 2.52. The molecule has 1 atom stereocenters. The Morgan fingerprint density at radius 2 is 2.18 bits per heavy atom. The van der Waals surface area contributed by atoms with Crippen molar-refractivity contribution in [2.24, 2.45) is 0 Å². The standard InChI is InChI=1S/C13H24FN3/c1-5-7-17-8-6-15-12(17)9-11(14)10-16-13(2,3)4/h6,8,11,16H,5,7,9-10H2,1-4H3. The molecule has 0 aromatic carbocycles. The average molecular weight is 241 g/mol. The minimum atomic E-state index is -0.882. The van der Waals surface area contributed by atoms with Gasteiger partial charge in [-0.15, -0.1) is 0 Å². The number of aromatic nitrogens is 2. The van der Waals surface area contributed by atoms with Gasteiger partial charge in [0.2, 0.25) is 0 Å². The molecule has 4 heteroatoms. The lowest BCUT2D eigenvalue weighted by atomic mass is 10.1. The zero-order valence-electron chi connectivity index (χ0n) is 11.3. The van der Waals surface area contributed by atoms with Gasteiger partial charge in [0, 0.05) is 37.4 Å². The summed E-state index contributed by atoms with van der Waals surface area (Å²) in [5.74, 6) is 0.843. The lowest BCUT2D eigenvalue weighted by molar-refractivity contribution is 0.279. The third-order valence-electron chi connectivity index (χ3n) is 2.52. The predicted octanol–water partition coefficient (Wildman–Crippen LogP) is 2.56. The molecule has 0 fully saturated rings. The number of hydrogen-bond acceptors (Lipinski definition) is 2. The van der Waals surface area contributed by atoms with Crippen LogP contribution >= 0.6 is 0 Å². The molecule has 0 spiro atoms. The smallest absolute Gasteiger partial charge is 0.120 e. The van der Waals surface area contributed by atoms with Gasteiger partial charge in [-0.2, -0.15) is 0 Å². The maximum Gasteiger partial charge on any atom is 0.120 e. The van der Waals surface area contributed by atoms with Crippen molar-refractivity contribution < 1.29 is 4.39 Å². The van der Waals surface area contributed by atoms with Crippen LogP contribution in [0.1, 0.15) is 39.9 Å². The molecule has 17 heavy (non-hydrogen) atoms. The van der Waals surface area contributed by atoms with E-state index in [4.69, 9.17) is 0 Å². The first-order valence-corrected chi connectivity index (χ1v) is 6.31. The number of imidazole rings is 1. The van der Waals surface area contributed by atoms with E-state index in [0.29, 0.717) is 13.0 Å². The van der Waals surface area contributed by atoms with E-state index >= 15 is 0 Å². The Morgan fingerprint density at radius 1 is 1.47 bits per heavy atom. The number of halogens is 1. The molecular weight excluding hydrogens is 217 g/mol. The van der Waals surface area contributed by atoms with Crippen LogP contribution in [0.25, 0.3) is 0 Å². The Hall–Kier alpha value is -0.900. The zero-order valence-corrected chi connectivity index (χ0v) is 11.3. The van der Waals surface area contributed by atoms with Crippen LogP contribution in [0.15, 0.2) is 12.4 Å². The summed E-state index contributed by atoms with van der Waals surface area (Å²) in [6.45, 7) is 9.52. The first kappa shape index (κ1) is 14.2. The fourth-order valence-corrected chi connectivity index (χ4v) is 1.66. The lowest BCUT2D eigenvalue weighted by Gasteiger charge is -2.22. The molecule has 1 unspecified atom stereocenters. The Balaban J connectivity index is 2.44. The molecular formula is C13H24FN3. The van der Waals surface area contributed by atoms with Crippen molar-refractivity contribution >= 4 is 0 Å². The molecule has 0 aliphatic carbocycles. The van der Waals surface area contributed by atoms with Crippen LogP contribution < -0.4 is 5.32 Å². The summed E-state index contributed by atoms with van der Waals surface area (Å²) >= 11 is 0. The monoisotopic (exact) mass is 241 g/mol. The van der Waals surface area contributed by atoms with Crippen molar-refractivity contribution in [1.29, 1.82) is 0 Å². The van der Waals surface area contributed by atoms with E-state index in [1.165, 1.54) is 0 Å². The first-order valence-electron chi connectivity index (χ1n) is 6.31. The van der Waals surface area contributed by atoms with E-state index in [2.05, 4.69) is 17.2 Å². The van der Waals surface area contributed by atoms with Gasteiger partial charge in [-0.05, 0) is 27.2 Å². The topological polar surface area (TPSA) is 29.9 Å². The highest BCUT2D eigenvalue weighted by molar-refractivity contribution is 4.95. The minimum Gasteiger partial charge on any atom is -0.335 e. The molecule has 3 nitrogen and oxygen atoms in total. The SMILES string of the molecule is CCCn1ccnc1CC(F)CNC(C)(C)C. The van der Waals surface area contributed by atoms with Gasteiger partial charge in [-0.25, -0.2) is 9.37 Å². The molecule has 0 aliphatic rings. The van der Waals surface area contributed by atoms with Crippen LogP contribution in [0.5, 0.6) is 0 Å². The van der Waals surface area contributed by atoms with E-state index < -0.39 is 6.17 Å². The number of rotatable bonds is 6. The summed E-state index contributed by atoms with van der Waals surface area (Å²) < 4.78 is 15.8. The molecule has 1 rings (SSSR count). The van der Waals surface area contributed by atoms with Gasteiger partial charge < -0.3 is 9.88 Å². The second-order valence-corrected chi connectivity index (χ2v) is 5.47. The molecule has 1 heterocycles. The van der Waals surface area contributed by atoms with E-state index in [1.54, 1.807) is 6.20 Å². The zero-order chi connectivity index (χ0) is 12.9. The van der Waals surface area contributed by atoms with E-state index in [9.17, 15) is 4.39 Å². The second-order valence-electron chi connectivity index (χ2n) is 5.47. The van der Waals surface area contributed by atoms with E-state index in [0.717, 1.165) is 18.8 Å². The summed E-state index contributed by atoms with van der Waals surface area (Å²) in [6, 6.07) is 0. The Kier molecular flexibility index (Phi) is 5.12. The fourth-order valence-electron chi connectivity index (χ4n) is 1.66. The van der Waals surface area contributed by atoms with Gasteiger partial charge >= 0.3 is 0 Å². The van der Waals surface area contributed by atoms with Gasteiger partial charge in [0.25, 0.3) is 0 Å². The Morgan fingerprint density at radius 3 is 2.76 bits per heavy atom. The Bertz CT molecular complexity index is 328. The van der Waals surface area contributed by atoms with Crippen LogP contribution in [0.2, 0.25) is 0 Å². The number of nitrogens with zero attached hydrogens (tertiary/aromatic N) is 2. The van der Waals surface area contributed by atoms with Crippen LogP contribution in [-0.4, -0.2) is 27.8 Å². The van der Waals surface area contributed by atoms with Crippen molar-refractivity contribution in [3.63, 3.8) is 0 Å². The second kappa shape index (κ2) is 6.15. The molecule has 1 aromatic rings. The predicted molar refractivity (Wildman–Crippen MR) is 68.9 cm³/mol. The van der Waals surface area contributed by atoms with E-state index in [-0.39, 0.29) is 5.54 Å². The maximum absolute atomic E-state index is 13.8. The molecule has 0 saturated heterocycles. The lowest BCUT2D eigenvalue weighted by Crippen LogP contribution is -2.40. The molecule has 0 aliphatic heterocycles. The van der Waals surface area contributed by atoms with Crippen molar-refractivity contribution in [3.8, 4) is 0 Å². The largest absolute Gasteiger partial charge is 0.335 e. The fraction of sp³-hybridized carbons (Fsp3) is 0.769. The molecule has 98 valence electrons. The number of aryl methyl sites for hydroxylation is 1. The van der Waals surface area contributed by atoms with Crippen LogP contribution in [0, 0.1) is 0 Å². The highest BCUT2D eigenvalue weighted by atomic mass is 19.1. The summed E-state index contributed by atoms with van der Waals surface area (Å²) in [7, 11) is 0. The normalized spacial score (nSPS) is 13.9.